The number of rotatable bonds is 4. The van der Waals surface area contributed by atoms with E-state index in [0.717, 1.165) is 22.1 Å². The SMILES string of the molecule is CC[C@@]1(O)C(=O)CCc2c1cc1n(c2=O)Cc2c-1nc1cc(F)c(C)c3c1c2[C@@H](N(C)C(=O)C(O)c1ccccc1)CC3. The van der Waals surface area contributed by atoms with Crippen LogP contribution in [0.3, 0.4) is 0 Å². The van der Waals surface area contributed by atoms with Crippen LogP contribution < -0.4 is 5.56 Å². The van der Waals surface area contributed by atoms with Gasteiger partial charge in [0.25, 0.3) is 11.5 Å². The van der Waals surface area contributed by atoms with Crippen LogP contribution in [-0.2, 0) is 34.6 Å². The number of benzene rings is 2. The lowest BCUT2D eigenvalue weighted by atomic mass is 9.77. The molecule has 3 atom stereocenters. The zero-order chi connectivity index (χ0) is 30.4. The van der Waals surface area contributed by atoms with Crippen LogP contribution in [-0.4, -0.2) is 43.4 Å². The first-order valence-electron chi connectivity index (χ1n) is 14.7. The Labute approximate surface area is 247 Å². The summed E-state index contributed by atoms with van der Waals surface area (Å²) in [7, 11) is 1.67. The number of aliphatic hydroxyl groups excluding tert-OH is 1. The summed E-state index contributed by atoms with van der Waals surface area (Å²) in [5.74, 6) is -1.16. The number of halogens is 1. The molecule has 1 aliphatic heterocycles. The van der Waals surface area contributed by atoms with E-state index in [1.165, 1.54) is 6.07 Å². The Kier molecular flexibility index (Phi) is 6.20. The molecule has 3 aliphatic rings. The minimum absolute atomic E-state index is 0.0902. The number of carbonyl (C=O) groups is 2. The highest BCUT2D eigenvalue weighted by molar-refractivity contribution is 5.95. The van der Waals surface area contributed by atoms with Gasteiger partial charge in [-0.2, -0.15) is 0 Å². The van der Waals surface area contributed by atoms with E-state index >= 15 is 4.39 Å². The number of aromatic nitrogens is 2. The number of aryl methyl sites for hydroxylation is 1. The van der Waals surface area contributed by atoms with Crippen LogP contribution in [0.1, 0.15) is 77.3 Å². The number of amides is 1. The van der Waals surface area contributed by atoms with E-state index in [9.17, 15) is 24.6 Å². The molecule has 43 heavy (non-hydrogen) atoms. The molecule has 0 spiro atoms. The number of Topliss-reactive ketones (excluding diaryl/α,β-unsaturated/α-hetero) is 1. The van der Waals surface area contributed by atoms with Crippen molar-refractivity contribution >= 4 is 22.6 Å². The number of aliphatic hydroxyl groups is 2. The second-order valence-electron chi connectivity index (χ2n) is 12.0. The largest absolute Gasteiger partial charge is 0.378 e. The van der Waals surface area contributed by atoms with Gasteiger partial charge in [-0.3, -0.25) is 14.4 Å². The summed E-state index contributed by atoms with van der Waals surface area (Å²) >= 11 is 0. The molecule has 220 valence electrons. The van der Waals surface area contributed by atoms with Crippen molar-refractivity contribution < 1.29 is 24.2 Å². The highest BCUT2D eigenvalue weighted by atomic mass is 19.1. The fraction of sp³-hybridized carbons (Fsp3) is 0.353. The molecule has 1 unspecified atom stereocenters. The maximum atomic E-state index is 15.2. The Morgan fingerprint density at radius 2 is 1.88 bits per heavy atom. The van der Waals surface area contributed by atoms with Crippen molar-refractivity contribution in [2.45, 2.75) is 70.2 Å². The maximum absolute atomic E-state index is 15.2. The van der Waals surface area contributed by atoms with E-state index in [-0.39, 0.29) is 43.0 Å². The van der Waals surface area contributed by atoms with Gasteiger partial charge in [-0.05, 0) is 60.9 Å². The highest BCUT2D eigenvalue weighted by Gasteiger charge is 2.44. The Morgan fingerprint density at radius 3 is 2.60 bits per heavy atom. The van der Waals surface area contributed by atoms with Crippen LogP contribution in [0.25, 0.3) is 22.3 Å². The molecule has 9 heteroatoms. The van der Waals surface area contributed by atoms with E-state index in [0.29, 0.717) is 52.0 Å². The van der Waals surface area contributed by atoms with E-state index < -0.39 is 23.7 Å². The van der Waals surface area contributed by atoms with Crippen LogP contribution in [0.5, 0.6) is 0 Å². The van der Waals surface area contributed by atoms with Gasteiger partial charge in [0.1, 0.15) is 11.4 Å². The predicted octanol–water partition coefficient (Wildman–Crippen LogP) is 4.16. The molecule has 7 rings (SSSR count). The van der Waals surface area contributed by atoms with Crippen LogP contribution in [0.4, 0.5) is 4.39 Å². The van der Waals surface area contributed by atoms with Gasteiger partial charge >= 0.3 is 0 Å². The molecule has 2 aromatic carbocycles. The molecule has 0 bridgehead atoms. The van der Waals surface area contributed by atoms with Crippen LogP contribution in [0, 0.1) is 12.7 Å². The standard InChI is InChI=1S/C34H32FN3O5/c1-4-34(43)22-14-26-30-21(16-38(26)32(41)20(22)11-13-27(34)39)29-25(37(3)33(42)31(40)18-8-6-5-7-9-18)12-10-19-17(2)23(35)15-24(36-30)28(19)29/h5-9,14-15,25,31,40,43H,4,10-13,16H2,1-3H3/t25-,31?,34-/m0/s1. The van der Waals surface area contributed by atoms with Gasteiger partial charge in [-0.15, -0.1) is 0 Å². The molecular weight excluding hydrogens is 549 g/mol. The van der Waals surface area contributed by atoms with E-state index in [1.54, 1.807) is 60.7 Å². The molecule has 2 aromatic heterocycles. The summed E-state index contributed by atoms with van der Waals surface area (Å²) in [5, 5.41) is 23.1. The predicted molar refractivity (Wildman–Crippen MR) is 158 cm³/mol. The number of nitrogens with zero attached hydrogens (tertiary/aromatic N) is 3. The normalized spacial score (nSPS) is 20.9. The molecule has 2 N–H and O–H groups in total. The minimum Gasteiger partial charge on any atom is -0.378 e. The van der Waals surface area contributed by atoms with Gasteiger partial charge in [-0.25, -0.2) is 9.37 Å². The van der Waals surface area contributed by atoms with Crippen LogP contribution in [0.2, 0.25) is 0 Å². The molecule has 8 nitrogen and oxygen atoms in total. The first-order chi connectivity index (χ1) is 20.6. The molecule has 0 fully saturated rings. The van der Waals surface area contributed by atoms with Gasteiger partial charge in [0.15, 0.2) is 11.9 Å². The van der Waals surface area contributed by atoms with Gasteiger partial charge in [0, 0.05) is 41.6 Å². The highest BCUT2D eigenvalue weighted by Crippen LogP contribution is 2.47. The zero-order valence-corrected chi connectivity index (χ0v) is 24.3. The number of pyridine rings is 2. The third-order valence-corrected chi connectivity index (χ3v) is 9.89. The van der Waals surface area contributed by atoms with Gasteiger partial charge in [0.2, 0.25) is 0 Å². The average Bonchev–Trinajstić information content (AvgIpc) is 3.39. The summed E-state index contributed by atoms with van der Waals surface area (Å²) in [4.78, 5) is 46.8. The molecule has 0 saturated heterocycles. The number of ketones is 1. The summed E-state index contributed by atoms with van der Waals surface area (Å²) < 4.78 is 16.8. The monoisotopic (exact) mass is 581 g/mol. The second kappa shape index (κ2) is 9.65. The van der Waals surface area contributed by atoms with Crippen molar-refractivity contribution in [3.63, 3.8) is 0 Å². The van der Waals surface area contributed by atoms with Gasteiger partial charge < -0.3 is 19.7 Å². The number of likely N-dealkylation sites (N-methyl/N-ethyl adjacent to an activating group) is 1. The number of carbonyl (C=O) groups excluding carboxylic acids is 2. The van der Waals surface area contributed by atoms with Gasteiger partial charge in [-0.1, -0.05) is 37.3 Å². The first-order valence-corrected chi connectivity index (χ1v) is 14.7. The average molecular weight is 582 g/mol. The molecule has 0 saturated carbocycles. The Morgan fingerprint density at radius 1 is 1.14 bits per heavy atom. The lowest BCUT2D eigenvalue weighted by Crippen LogP contribution is -2.43. The van der Waals surface area contributed by atoms with Crippen molar-refractivity contribution in [1.82, 2.24) is 14.5 Å². The van der Waals surface area contributed by atoms with Crippen molar-refractivity contribution in [1.29, 1.82) is 0 Å². The van der Waals surface area contributed by atoms with Crippen molar-refractivity contribution in [3.8, 4) is 11.4 Å². The third-order valence-electron chi connectivity index (χ3n) is 9.89. The second-order valence-corrected chi connectivity index (χ2v) is 12.0. The van der Waals surface area contributed by atoms with Crippen molar-refractivity contribution in [2.75, 3.05) is 7.05 Å². The molecule has 3 heterocycles. The van der Waals surface area contributed by atoms with Gasteiger partial charge in [0.05, 0.1) is 29.5 Å². The van der Waals surface area contributed by atoms with E-state index in [1.807, 2.05) is 6.07 Å². The quantitative estimate of drug-likeness (QED) is 0.330. The lowest BCUT2D eigenvalue weighted by molar-refractivity contribution is -0.141. The van der Waals surface area contributed by atoms with Crippen LogP contribution in [0.15, 0.2) is 47.3 Å². The zero-order valence-electron chi connectivity index (χ0n) is 24.3. The molecule has 0 radical (unpaired) electrons. The smallest absolute Gasteiger partial charge is 0.256 e. The van der Waals surface area contributed by atoms with E-state index in [4.69, 9.17) is 4.98 Å². The third kappa shape index (κ3) is 3.81. The summed E-state index contributed by atoms with van der Waals surface area (Å²) in [6.45, 7) is 3.66. The molecule has 1 amide bonds. The molecule has 4 aromatic rings. The topological polar surface area (TPSA) is 113 Å². The van der Waals surface area contributed by atoms with Crippen molar-refractivity contribution in [3.05, 3.63) is 97.6 Å². The lowest BCUT2D eigenvalue weighted by Gasteiger charge is -2.36. The van der Waals surface area contributed by atoms with Crippen LogP contribution >= 0.6 is 0 Å². The Balaban J connectivity index is 1.45. The Hall–Kier alpha value is -4.21. The number of hydrogen-bond acceptors (Lipinski definition) is 6. The maximum Gasteiger partial charge on any atom is 0.256 e. The van der Waals surface area contributed by atoms with Crippen molar-refractivity contribution in [2.24, 2.45) is 0 Å². The molecular formula is C34H32FN3O5. The number of hydrogen-bond donors (Lipinski definition) is 2. The Bertz CT molecular complexity index is 1940. The summed E-state index contributed by atoms with van der Waals surface area (Å²) in [6, 6.07) is 11.4. The molecule has 2 aliphatic carbocycles. The number of fused-ring (bicyclic) bond motifs is 5. The first kappa shape index (κ1) is 27.6. The minimum atomic E-state index is -1.75. The summed E-state index contributed by atoms with van der Waals surface area (Å²) in [6.07, 6.45) is 0.135. The summed E-state index contributed by atoms with van der Waals surface area (Å²) in [5.41, 5.74) is 3.46. The van der Waals surface area contributed by atoms with E-state index in [2.05, 4.69) is 0 Å². The fourth-order valence-electron chi connectivity index (χ4n) is 7.43. The fourth-order valence-corrected chi connectivity index (χ4v) is 7.43.